The van der Waals surface area contributed by atoms with Crippen molar-refractivity contribution in [3.63, 3.8) is 0 Å². The SMILES string of the molecule is CC(C)c1ccc(NS(=O)(=O)c2ccc(N3CCCCS3(=O)=O)cc2)cc1. The van der Waals surface area contributed by atoms with Crippen LogP contribution in [0.15, 0.2) is 53.4 Å². The first-order valence-corrected chi connectivity index (χ1v) is 12.0. The Labute approximate surface area is 161 Å². The second-order valence-corrected chi connectivity index (χ2v) is 10.7. The Morgan fingerprint density at radius 3 is 2.15 bits per heavy atom. The van der Waals surface area contributed by atoms with E-state index in [-0.39, 0.29) is 10.6 Å². The number of hydrogen-bond donors (Lipinski definition) is 1. The number of sulfonamides is 2. The molecule has 0 saturated carbocycles. The van der Waals surface area contributed by atoms with Gasteiger partial charge >= 0.3 is 0 Å². The van der Waals surface area contributed by atoms with Gasteiger partial charge in [-0.25, -0.2) is 16.8 Å². The maximum absolute atomic E-state index is 12.6. The fourth-order valence-corrected chi connectivity index (χ4v) is 5.72. The lowest BCUT2D eigenvalue weighted by atomic mass is 10.0. The molecule has 0 radical (unpaired) electrons. The summed E-state index contributed by atoms with van der Waals surface area (Å²) in [5.74, 6) is 0.496. The lowest BCUT2D eigenvalue weighted by Gasteiger charge is -2.28. The monoisotopic (exact) mass is 408 g/mol. The molecule has 0 atom stereocenters. The molecule has 0 amide bonds. The number of hydrogen-bond acceptors (Lipinski definition) is 4. The highest BCUT2D eigenvalue weighted by atomic mass is 32.2. The summed E-state index contributed by atoms with van der Waals surface area (Å²) in [6.45, 7) is 4.57. The van der Waals surface area contributed by atoms with Crippen LogP contribution in [-0.4, -0.2) is 29.1 Å². The molecule has 146 valence electrons. The van der Waals surface area contributed by atoms with Gasteiger partial charge in [0.15, 0.2) is 0 Å². The first-order chi connectivity index (χ1) is 12.7. The minimum absolute atomic E-state index is 0.0913. The number of anilines is 2. The van der Waals surface area contributed by atoms with Crippen molar-refractivity contribution in [2.45, 2.75) is 37.5 Å². The van der Waals surface area contributed by atoms with Gasteiger partial charge < -0.3 is 0 Å². The average Bonchev–Trinajstić information content (AvgIpc) is 2.61. The van der Waals surface area contributed by atoms with Crippen LogP contribution in [0, 0.1) is 0 Å². The Kier molecular flexibility index (Phi) is 5.48. The molecule has 1 N–H and O–H groups in total. The zero-order valence-electron chi connectivity index (χ0n) is 15.4. The molecule has 3 rings (SSSR count). The molecule has 1 fully saturated rings. The molecular weight excluding hydrogens is 384 g/mol. The summed E-state index contributed by atoms with van der Waals surface area (Å²) in [6, 6.07) is 13.2. The van der Waals surface area contributed by atoms with Crippen LogP contribution < -0.4 is 9.03 Å². The molecule has 0 bridgehead atoms. The fourth-order valence-electron chi connectivity index (χ4n) is 3.02. The summed E-state index contributed by atoms with van der Waals surface area (Å²) < 4.78 is 53.4. The second-order valence-electron chi connectivity index (χ2n) is 6.97. The van der Waals surface area contributed by atoms with Crippen molar-refractivity contribution >= 4 is 31.4 Å². The van der Waals surface area contributed by atoms with E-state index in [9.17, 15) is 16.8 Å². The Morgan fingerprint density at radius 2 is 1.59 bits per heavy atom. The molecule has 1 heterocycles. The lowest BCUT2D eigenvalue weighted by molar-refractivity contribution is 0.574. The first-order valence-electron chi connectivity index (χ1n) is 8.92. The predicted molar refractivity (Wildman–Crippen MR) is 108 cm³/mol. The molecule has 6 nitrogen and oxygen atoms in total. The summed E-state index contributed by atoms with van der Waals surface area (Å²) in [4.78, 5) is 0.0913. The van der Waals surface area contributed by atoms with E-state index in [1.807, 2.05) is 12.1 Å². The van der Waals surface area contributed by atoms with Gasteiger partial charge in [-0.2, -0.15) is 0 Å². The van der Waals surface area contributed by atoms with Crippen molar-refractivity contribution in [3.05, 3.63) is 54.1 Å². The molecule has 0 aliphatic carbocycles. The summed E-state index contributed by atoms with van der Waals surface area (Å²) in [6.07, 6.45) is 1.46. The van der Waals surface area contributed by atoms with Crippen molar-refractivity contribution in [1.82, 2.24) is 0 Å². The van der Waals surface area contributed by atoms with Crippen LogP contribution in [0.1, 0.15) is 38.2 Å². The van der Waals surface area contributed by atoms with E-state index in [2.05, 4.69) is 18.6 Å². The van der Waals surface area contributed by atoms with E-state index in [0.29, 0.717) is 30.3 Å². The Bertz CT molecular complexity index is 997. The molecule has 27 heavy (non-hydrogen) atoms. The minimum atomic E-state index is -3.74. The topological polar surface area (TPSA) is 83.6 Å². The van der Waals surface area contributed by atoms with Gasteiger partial charge in [0.2, 0.25) is 10.0 Å². The molecule has 1 aliphatic rings. The van der Waals surface area contributed by atoms with E-state index in [1.165, 1.54) is 16.4 Å². The Hall–Kier alpha value is -2.06. The van der Waals surface area contributed by atoms with Crippen molar-refractivity contribution in [2.24, 2.45) is 0 Å². The summed E-state index contributed by atoms with van der Waals surface area (Å²) in [7, 11) is -7.06. The maximum Gasteiger partial charge on any atom is 0.261 e. The van der Waals surface area contributed by atoms with Crippen molar-refractivity contribution in [2.75, 3.05) is 21.3 Å². The van der Waals surface area contributed by atoms with Crippen LogP contribution in [0.25, 0.3) is 0 Å². The van der Waals surface area contributed by atoms with Crippen LogP contribution in [0.2, 0.25) is 0 Å². The number of nitrogens with one attached hydrogen (secondary N) is 1. The smallest absolute Gasteiger partial charge is 0.261 e. The van der Waals surface area contributed by atoms with Crippen LogP contribution in [0.3, 0.4) is 0 Å². The van der Waals surface area contributed by atoms with Gasteiger partial charge in [-0.05, 0) is 60.7 Å². The molecule has 1 aliphatic heterocycles. The van der Waals surface area contributed by atoms with E-state index >= 15 is 0 Å². The van der Waals surface area contributed by atoms with Gasteiger partial charge in [-0.1, -0.05) is 26.0 Å². The molecule has 2 aromatic carbocycles. The van der Waals surface area contributed by atoms with Gasteiger partial charge in [0.25, 0.3) is 10.0 Å². The lowest BCUT2D eigenvalue weighted by Crippen LogP contribution is -2.37. The highest BCUT2D eigenvalue weighted by Gasteiger charge is 2.26. The van der Waals surface area contributed by atoms with Crippen LogP contribution >= 0.6 is 0 Å². The summed E-state index contributed by atoms with van der Waals surface area (Å²) >= 11 is 0. The predicted octanol–water partition coefficient (Wildman–Crippen LogP) is 3.54. The minimum Gasteiger partial charge on any atom is -0.280 e. The molecule has 0 spiro atoms. The van der Waals surface area contributed by atoms with Gasteiger partial charge in [0.05, 0.1) is 16.3 Å². The normalized spacial score (nSPS) is 17.1. The van der Waals surface area contributed by atoms with E-state index in [1.54, 1.807) is 24.3 Å². The Morgan fingerprint density at radius 1 is 0.963 bits per heavy atom. The number of benzene rings is 2. The van der Waals surface area contributed by atoms with Crippen LogP contribution in [0.5, 0.6) is 0 Å². The molecule has 8 heteroatoms. The highest BCUT2D eigenvalue weighted by Crippen LogP contribution is 2.26. The van der Waals surface area contributed by atoms with Gasteiger partial charge in [0.1, 0.15) is 0 Å². The van der Waals surface area contributed by atoms with Crippen molar-refractivity contribution in [1.29, 1.82) is 0 Å². The van der Waals surface area contributed by atoms with Crippen molar-refractivity contribution < 1.29 is 16.8 Å². The fraction of sp³-hybridized carbons (Fsp3) is 0.368. The zero-order chi connectivity index (χ0) is 19.7. The Balaban J connectivity index is 1.79. The molecule has 1 saturated heterocycles. The van der Waals surface area contributed by atoms with Crippen molar-refractivity contribution in [3.8, 4) is 0 Å². The first kappa shape index (κ1) is 19.7. The molecular formula is C19H24N2O4S2. The molecule has 0 unspecified atom stereocenters. The highest BCUT2D eigenvalue weighted by molar-refractivity contribution is 7.93. The third-order valence-corrected chi connectivity index (χ3v) is 7.88. The quantitative estimate of drug-likeness (QED) is 0.820. The largest absolute Gasteiger partial charge is 0.280 e. The summed E-state index contributed by atoms with van der Waals surface area (Å²) in [5, 5.41) is 0. The van der Waals surface area contributed by atoms with Gasteiger partial charge in [0, 0.05) is 12.2 Å². The van der Waals surface area contributed by atoms with Gasteiger partial charge in [-0.3, -0.25) is 9.03 Å². The van der Waals surface area contributed by atoms with E-state index in [4.69, 9.17) is 0 Å². The zero-order valence-corrected chi connectivity index (χ0v) is 17.1. The van der Waals surface area contributed by atoms with Crippen LogP contribution in [-0.2, 0) is 20.0 Å². The standard InChI is InChI=1S/C19H24N2O4S2/c1-15(2)16-5-7-17(8-6-16)20-27(24,25)19-11-9-18(10-12-19)21-13-3-4-14-26(21,22)23/h5-12,15,20H,3-4,13-14H2,1-2H3. The molecule has 2 aromatic rings. The summed E-state index contributed by atoms with van der Waals surface area (Å²) in [5.41, 5.74) is 2.11. The average molecular weight is 409 g/mol. The van der Waals surface area contributed by atoms with Crippen LogP contribution in [0.4, 0.5) is 11.4 Å². The van der Waals surface area contributed by atoms with E-state index < -0.39 is 20.0 Å². The molecule has 0 aromatic heterocycles. The van der Waals surface area contributed by atoms with E-state index in [0.717, 1.165) is 12.0 Å². The second kappa shape index (κ2) is 7.52. The number of rotatable bonds is 5. The van der Waals surface area contributed by atoms with Gasteiger partial charge in [-0.15, -0.1) is 0 Å². The number of nitrogens with zero attached hydrogens (tertiary/aromatic N) is 1. The third kappa shape index (κ3) is 4.44. The maximum atomic E-state index is 12.6. The third-order valence-electron chi connectivity index (χ3n) is 4.61.